The maximum absolute atomic E-state index is 5.84. The standard InChI is InChI=1S/C25H22OP.C17H20N2O2S/c1-26-24-19-11-12-20-25(24)27(21-13-5-2-6-14-21,22-15-7-3-8-16-22)23-17-9-4-10-18-23;1-3-20-15-9-5-13(6-10-15)18-17(22)19-14-7-11-16(12-8-14)21-4-2/h2-20H,1H3;5-12H,3-4H2,1-2H3,(H2,18,19,22)/q+1;. The minimum atomic E-state index is -2.08. The number of hydrogen-bond donors (Lipinski definition) is 2. The van der Waals surface area contributed by atoms with Gasteiger partial charge in [-0.2, -0.15) is 0 Å². The molecule has 0 radical (unpaired) electrons. The average molecular weight is 686 g/mol. The third kappa shape index (κ3) is 8.85. The number of benzene rings is 6. The summed E-state index contributed by atoms with van der Waals surface area (Å²) in [7, 11) is -0.326. The van der Waals surface area contributed by atoms with Gasteiger partial charge in [0.2, 0.25) is 0 Å². The summed E-state index contributed by atoms with van der Waals surface area (Å²) in [5.74, 6) is 2.62. The molecule has 0 spiro atoms. The molecule has 0 heterocycles. The van der Waals surface area contributed by atoms with Crippen LogP contribution >= 0.6 is 19.5 Å². The Labute approximate surface area is 296 Å². The molecular formula is C42H42N2O3PS+. The van der Waals surface area contributed by atoms with Crippen molar-refractivity contribution in [1.29, 1.82) is 0 Å². The first-order valence-corrected chi connectivity index (χ1v) is 18.5. The smallest absolute Gasteiger partial charge is 0.175 e. The van der Waals surface area contributed by atoms with Crippen LogP contribution < -0.4 is 46.1 Å². The Morgan fingerprint density at radius 2 is 0.878 bits per heavy atom. The molecule has 0 saturated carbocycles. The van der Waals surface area contributed by atoms with Crippen molar-refractivity contribution in [3.63, 3.8) is 0 Å². The van der Waals surface area contributed by atoms with Gasteiger partial charge < -0.3 is 24.8 Å². The Bertz CT molecular complexity index is 1720. The molecule has 5 nitrogen and oxygen atoms in total. The van der Waals surface area contributed by atoms with Gasteiger partial charge in [0.15, 0.2) is 16.2 Å². The second-order valence-corrected chi connectivity index (χ2v) is 14.6. The van der Waals surface area contributed by atoms with E-state index in [4.69, 9.17) is 26.4 Å². The van der Waals surface area contributed by atoms with Crippen LogP contribution in [0.3, 0.4) is 0 Å². The van der Waals surface area contributed by atoms with E-state index in [0.717, 1.165) is 28.6 Å². The van der Waals surface area contributed by atoms with Gasteiger partial charge in [-0.1, -0.05) is 66.7 Å². The highest BCUT2D eigenvalue weighted by atomic mass is 32.1. The molecule has 0 aromatic heterocycles. The van der Waals surface area contributed by atoms with Crippen molar-refractivity contribution in [2.24, 2.45) is 0 Å². The summed E-state index contributed by atoms with van der Waals surface area (Å²) in [5, 5.41) is 12.0. The molecule has 6 aromatic rings. The molecule has 6 rings (SSSR count). The van der Waals surface area contributed by atoms with Crippen LogP contribution in [-0.2, 0) is 0 Å². The first-order chi connectivity index (χ1) is 24.1. The highest BCUT2D eigenvalue weighted by Crippen LogP contribution is 2.56. The minimum Gasteiger partial charge on any atom is -0.494 e. The summed E-state index contributed by atoms with van der Waals surface area (Å²) in [6, 6.07) is 56.3. The summed E-state index contributed by atoms with van der Waals surface area (Å²) in [4.78, 5) is 0. The first-order valence-electron chi connectivity index (χ1n) is 16.3. The van der Waals surface area contributed by atoms with E-state index in [0.29, 0.717) is 18.3 Å². The predicted molar refractivity (Wildman–Crippen MR) is 213 cm³/mol. The maximum Gasteiger partial charge on any atom is 0.175 e. The number of anilines is 2. The SMILES string of the molecule is CCOc1ccc(NC(=S)Nc2ccc(OCC)cc2)cc1.COc1ccccc1[P+](c1ccccc1)(c1ccccc1)c1ccccc1. The average Bonchev–Trinajstić information content (AvgIpc) is 3.16. The largest absolute Gasteiger partial charge is 0.494 e. The molecule has 0 bridgehead atoms. The van der Waals surface area contributed by atoms with E-state index in [9.17, 15) is 0 Å². The van der Waals surface area contributed by atoms with Gasteiger partial charge >= 0.3 is 0 Å². The number of hydrogen-bond acceptors (Lipinski definition) is 4. The van der Waals surface area contributed by atoms with Crippen LogP contribution in [0.1, 0.15) is 13.8 Å². The second-order valence-electron chi connectivity index (χ2n) is 10.8. The third-order valence-corrected chi connectivity index (χ3v) is 12.2. The molecule has 0 saturated heterocycles. The number of nitrogens with one attached hydrogen (secondary N) is 2. The van der Waals surface area contributed by atoms with Gasteiger partial charge in [-0.05, 0) is 123 Å². The quantitative estimate of drug-likeness (QED) is 0.105. The number of rotatable bonds is 11. The summed E-state index contributed by atoms with van der Waals surface area (Å²) in [6.07, 6.45) is 0. The number of para-hydroxylation sites is 1. The van der Waals surface area contributed by atoms with Gasteiger partial charge in [0, 0.05) is 11.4 Å². The highest BCUT2D eigenvalue weighted by molar-refractivity contribution is 8.01. The van der Waals surface area contributed by atoms with Crippen LogP contribution in [0.4, 0.5) is 11.4 Å². The van der Waals surface area contributed by atoms with E-state index in [1.165, 1.54) is 21.2 Å². The van der Waals surface area contributed by atoms with Gasteiger partial charge in [0.25, 0.3) is 0 Å². The van der Waals surface area contributed by atoms with Gasteiger partial charge in [-0.15, -0.1) is 0 Å². The lowest BCUT2D eigenvalue weighted by atomic mass is 10.3. The molecule has 0 aliphatic heterocycles. The molecule has 0 aliphatic rings. The van der Waals surface area contributed by atoms with E-state index in [1.807, 2.05) is 68.4 Å². The van der Waals surface area contributed by atoms with Crippen molar-refractivity contribution in [1.82, 2.24) is 0 Å². The van der Waals surface area contributed by atoms with Gasteiger partial charge in [0.1, 0.15) is 34.7 Å². The lowest BCUT2D eigenvalue weighted by Crippen LogP contribution is -2.39. The highest BCUT2D eigenvalue weighted by Gasteiger charge is 2.49. The van der Waals surface area contributed by atoms with Crippen LogP contribution in [-0.4, -0.2) is 25.4 Å². The van der Waals surface area contributed by atoms with Crippen molar-refractivity contribution in [3.8, 4) is 17.2 Å². The Hall–Kier alpha value is -5.16. The zero-order chi connectivity index (χ0) is 34.3. The summed E-state index contributed by atoms with van der Waals surface area (Å²) in [6.45, 7) is 5.24. The number of thiocarbonyl (C=S) groups is 1. The van der Waals surface area contributed by atoms with Crippen molar-refractivity contribution >= 4 is 57.2 Å². The van der Waals surface area contributed by atoms with Gasteiger partial charge in [-0.3, -0.25) is 0 Å². The Morgan fingerprint density at radius 1 is 0.510 bits per heavy atom. The zero-order valence-electron chi connectivity index (χ0n) is 28.1. The lowest BCUT2D eigenvalue weighted by molar-refractivity contribution is 0.340. The van der Waals surface area contributed by atoms with Gasteiger partial charge in [-0.25, -0.2) is 0 Å². The Morgan fingerprint density at radius 3 is 1.24 bits per heavy atom. The molecule has 0 atom stereocenters. The molecule has 248 valence electrons. The van der Waals surface area contributed by atoms with Crippen LogP contribution in [0, 0.1) is 0 Å². The monoisotopic (exact) mass is 685 g/mol. The van der Waals surface area contributed by atoms with E-state index in [-0.39, 0.29) is 0 Å². The fraction of sp³-hybridized carbons (Fsp3) is 0.119. The van der Waals surface area contributed by atoms with E-state index >= 15 is 0 Å². The van der Waals surface area contributed by atoms with Crippen LogP contribution in [0.25, 0.3) is 0 Å². The fourth-order valence-corrected chi connectivity index (χ4v) is 10.3. The van der Waals surface area contributed by atoms with Gasteiger partial charge in [0.05, 0.1) is 20.3 Å². The molecule has 6 aromatic carbocycles. The Kier molecular flexibility index (Phi) is 12.8. The van der Waals surface area contributed by atoms with Crippen molar-refractivity contribution in [2.75, 3.05) is 31.0 Å². The summed E-state index contributed by atoms with van der Waals surface area (Å²) >= 11 is 5.30. The predicted octanol–water partition coefficient (Wildman–Crippen LogP) is 8.61. The second kappa shape index (κ2) is 17.8. The minimum absolute atomic E-state index is 0.535. The molecule has 0 aliphatic carbocycles. The van der Waals surface area contributed by atoms with Crippen LogP contribution in [0.2, 0.25) is 0 Å². The van der Waals surface area contributed by atoms with E-state index in [1.54, 1.807) is 7.11 Å². The van der Waals surface area contributed by atoms with Crippen LogP contribution in [0.15, 0.2) is 164 Å². The summed E-state index contributed by atoms with van der Waals surface area (Å²) in [5.41, 5.74) is 1.82. The maximum atomic E-state index is 5.84. The molecule has 2 N–H and O–H groups in total. The van der Waals surface area contributed by atoms with Crippen LogP contribution in [0.5, 0.6) is 17.2 Å². The topological polar surface area (TPSA) is 51.8 Å². The molecule has 7 heteroatoms. The Balaban J connectivity index is 0.000000196. The molecule has 0 fully saturated rings. The molecule has 0 unspecified atom stereocenters. The fourth-order valence-electron chi connectivity index (χ4n) is 5.62. The number of ether oxygens (including phenoxy) is 3. The number of methoxy groups -OCH3 is 1. The summed E-state index contributed by atoms with van der Waals surface area (Å²) < 4.78 is 16.7. The lowest BCUT2D eigenvalue weighted by Gasteiger charge is -2.28. The van der Waals surface area contributed by atoms with E-state index in [2.05, 4.69) is 120 Å². The van der Waals surface area contributed by atoms with Crippen molar-refractivity contribution in [2.45, 2.75) is 13.8 Å². The zero-order valence-corrected chi connectivity index (χ0v) is 29.8. The normalized spacial score (nSPS) is 10.6. The molecular weight excluding hydrogens is 644 g/mol. The van der Waals surface area contributed by atoms with Crippen molar-refractivity contribution < 1.29 is 14.2 Å². The van der Waals surface area contributed by atoms with Crippen molar-refractivity contribution in [3.05, 3.63) is 164 Å². The first kappa shape index (κ1) is 35.2. The van der Waals surface area contributed by atoms with E-state index < -0.39 is 7.26 Å². The third-order valence-electron chi connectivity index (χ3n) is 7.72. The molecule has 0 amide bonds. The molecule has 49 heavy (non-hydrogen) atoms.